The fourth-order valence-electron chi connectivity index (χ4n) is 0.378. The van der Waals surface area contributed by atoms with Crippen LogP contribution in [0.5, 0.6) is 0 Å². The summed E-state index contributed by atoms with van der Waals surface area (Å²) in [5, 5.41) is 8.08. The fourth-order valence-corrected chi connectivity index (χ4v) is 0.786. The van der Waals surface area contributed by atoms with Crippen molar-refractivity contribution in [3.8, 4) is 0 Å². The van der Waals surface area contributed by atoms with Crippen molar-refractivity contribution in [1.29, 1.82) is 0 Å². The molecule has 4 heteroatoms. The molecule has 0 aliphatic carbocycles. The lowest BCUT2D eigenvalue weighted by molar-refractivity contribution is 0.244. The Labute approximate surface area is 64.3 Å². The lowest BCUT2D eigenvalue weighted by Crippen LogP contribution is -1.88. The van der Waals surface area contributed by atoms with Crippen molar-refractivity contribution >= 4 is 9.76 Å². The molecule has 62 valence electrons. The van der Waals surface area contributed by atoms with E-state index >= 15 is 0 Å². The SMILES string of the molecule is CC[SiH2]OC.OCC1CO1. The minimum absolute atomic E-state index is 0.0679. The van der Waals surface area contributed by atoms with Crippen LogP contribution in [0.25, 0.3) is 0 Å². The van der Waals surface area contributed by atoms with Crippen LogP contribution in [0.1, 0.15) is 6.92 Å². The lowest BCUT2D eigenvalue weighted by Gasteiger charge is -1.83. The largest absolute Gasteiger partial charge is 0.427 e. The summed E-state index contributed by atoms with van der Waals surface area (Å²) >= 11 is 0. The van der Waals surface area contributed by atoms with Gasteiger partial charge in [-0.05, 0) is 6.04 Å². The maximum Gasteiger partial charge on any atom is 0.160 e. The topological polar surface area (TPSA) is 42.0 Å². The van der Waals surface area contributed by atoms with Crippen molar-refractivity contribution < 1.29 is 14.3 Å². The third-order valence-electron chi connectivity index (χ3n) is 1.01. The molecule has 10 heavy (non-hydrogen) atoms. The summed E-state index contributed by atoms with van der Waals surface area (Å²) in [6.07, 6.45) is 0.190. The van der Waals surface area contributed by atoms with Gasteiger partial charge in [0.15, 0.2) is 9.76 Å². The van der Waals surface area contributed by atoms with Crippen LogP contribution in [0.2, 0.25) is 6.04 Å². The van der Waals surface area contributed by atoms with Crippen molar-refractivity contribution in [2.45, 2.75) is 19.1 Å². The van der Waals surface area contributed by atoms with E-state index < -0.39 is 0 Å². The molecular weight excluding hydrogens is 148 g/mol. The Bertz CT molecular complexity index is 64.0. The number of epoxide rings is 1. The molecular formula is C6H16O3Si. The van der Waals surface area contributed by atoms with Crippen LogP contribution >= 0.6 is 0 Å². The number of ether oxygens (including phenoxy) is 1. The van der Waals surface area contributed by atoms with Crippen molar-refractivity contribution in [2.75, 3.05) is 20.3 Å². The first-order valence-corrected chi connectivity index (χ1v) is 5.14. The molecule has 1 aliphatic heterocycles. The zero-order valence-electron chi connectivity index (χ0n) is 6.67. The second-order valence-electron chi connectivity index (χ2n) is 2.13. The highest BCUT2D eigenvalue weighted by atomic mass is 28.2. The quantitative estimate of drug-likeness (QED) is 0.453. The molecule has 0 spiro atoms. The van der Waals surface area contributed by atoms with E-state index in [1.165, 1.54) is 6.04 Å². The summed E-state index contributed by atoms with van der Waals surface area (Å²) < 4.78 is 9.44. The Morgan fingerprint density at radius 1 is 1.80 bits per heavy atom. The number of aliphatic hydroxyl groups excluding tert-OH is 1. The number of hydrogen-bond donors (Lipinski definition) is 1. The smallest absolute Gasteiger partial charge is 0.160 e. The van der Waals surface area contributed by atoms with Crippen LogP contribution in [0.3, 0.4) is 0 Å². The van der Waals surface area contributed by atoms with Gasteiger partial charge in [-0.15, -0.1) is 0 Å². The zero-order chi connectivity index (χ0) is 7.82. The predicted octanol–water partition coefficient (Wildman–Crippen LogP) is -0.468. The molecule has 1 heterocycles. The first-order valence-electron chi connectivity index (χ1n) is 3.56. The maximum absolute atomic E-state index is 8.08. The van der Waals surface area contributed by atoms with Gasteiger partial charge in [0.2, 0.25) is 0 Å². The summed E-state index contributed by atoms with van der Waals surface area (Å²) in [7, 11) is 1.71. The van der Waals surface area contributed by atoms with Gasteiger partial charge in [-0.3, -0.25) is 0 Å². The summed E-state index contributed by atoms with van der Waals surface area (Å²) in [6, 6.07) is 1.26. The Morgan fingerprint density at radius 2 is 2.40 bits per heavy atom. The standard InChI is InChI=1S/C3H6O2.C3H10OSi/c4-1-3-2-5-3;1-3-5-4-2/h3-4H,1-2H2;3,5H2,1-2H3. The van der Waals surface area contributed by atoms with Gasteiger partial charge in [-0.2, -0.15) is 0 Å². The first kappa shape index (κ1) is 10.1. The van der Waals surface area contributed by atoms with E-state index in [1.54, 1.807) is 7.11 Å². The Hall–Kier alpha value is 0.0969. The van der Waals surface area contributed by atoms with Crippen LogP contribution in [0, 0.1) is 0 Å². The van der Waals surface area contributed by atoms with E-state index in [2.05, 4.69) is 11.7 Å². The fraction of sp³-hybridized carbons (Fsp3) is 1.00. The van der Waals surface area contributed by atoms with Crippen molar-refractivity contribution in [3.63, 3.8) is 0 Å². The third kappa shape index (κ3) is 8.10. The molecule has 1 saturated heterocycles. The maximum atomic E-state index is 8.08. The van der Waals surface area contributed by atoms with E-state index in [-0.39, 0.29) is 22.5 Å². The average Bonchev–Trinajstić information content (AvgIpc) is 2.72. The van der Waals surface area contributed by atoms with Gasteiger partial charge in [-0.1, -0.05) is 6.92 Å². The molecule has 0 amide bonds. The molecule has 1 rings (SSSR count). The number of aliphatic hydroxyl groups is 1. The van der Waals surface area contributed by atoms with Crippen molar-refractivity contribution in [1.82, 2.24) is 0 Å². The highest BCUT2D eigenvalue weighted by Gasteiger charge is 2.19. The molecule has 0 radical (unpaired) electrons. The highest BCUT2D eigenvalue weighted by molar-refractivity contribution is 6.26. The molecule has 0 aromatic rings. The summed E-state index contributed by atoms with van der Waals surface area (Å²) in [6.45, 7) is 3.10. The van der Waals surface area contributed by atoms with E-state index in [0.717, 1.165) is 6.61 Å². The summed E-state index contributed by atoms with van der Waals surface area (Å²) in [5.41, 5.74) is 0. The minimum atomic E-state index is -0.0679. The molecule has 1 atom stereocenters. The normalized spacial score (nSPS) is 22.5. The monoisotopic (exact) mass is 164 g/mol. The first-order chi connectivity index (χ1) is 4.85. The highest BCUT2D eigenvalue weighted by Crippen LogP contribution is 2.04. The van der Waals surface area contributed by atoms with E-state index in [4.69, 9.17) is 9.53 Å². The second-order valence-corrected chi connectivity index (χ2v) is 4.12. The minimum Gasteiger partial charge on any atom is -0.427 e. The molecule has 1 unspecified atom stereocenters. The molecule has 0 bridgehead atoms. The van der Waals surface area contributed by atoms with Crippen LogP contribution in [-0.4, -0.2) is 41.3 Å². The van der Waals surface area contributed by atoms with Crippen LogP contribution in [0.4, 0.5) is 0 Å². The van der Waals surface area contributed by atoms with Gasteiger partial charge in [0.25, 0.3) is 0 Å². The van der Waals surface area contributed by atoms with Gasteiger partial charge < -0.3 is 14.3 Å². The molecule has 0 saturated carbocycles. The second kappa shape index (κ2) is 7.21. The number of rotatable bonds is 3. The molecule has 1 N–H and O–H groups in total. The lowest BCUT2D eigenvalue weighted by atomic mass is 10.5. The van der Waals surface area contributed by atoms with Crippen LogP contribution in [-0.2, 0) is 9.16 Å². The number of hydrogen-bond acceptors (Lipinski definition) is 3. The van der Waals surface area contributed by atoms with Crippen LogP contribution < -0.4 is 0 Å². The average molecular weight is 164 g/mol. The van der Waals surface area contributed by atoms with E-state index in [1.807, 2.05) is 0 Å². The van der Waals surface area contributed by atoms with Gasteiger partial charge in [-0.25, -0.2) is 0 Å². The van der Waals surface area contributed by atoms with Gasteiger partial charge >= 0.3 is 0 Å². The Balaban J connectivity index is 0.000000162. The Morgan fingerprint density at radius 3 is 2.40 bits per heavy atom. The summed E-state index contributed by atoms with van der Waals surface area (Å²) in [5.74, 6) is 0. The predicted molar refractivity (Wildman–Crippen MR) is 42.9 cm³/mol. The molecule has 1 fully saturated rings. The van der Waals surface area contributed by atoms with Crippen molar-refractivity contribution in [3.05, 3.63) is 0 Å². The van der Waals surface area contributed by atoms with Crippen molar-refractivity contribution in [2.24, 2.45) is 0 Å². The van der Waals surface area contributed by atoms with Gasteiger partial charge in [0, 0.05) is 7.11 Å². The molecule has 3 nitrogen and oxygen atoms in total. The molecule has 0 aromatic heterocycles. The zero-order valence-corrected chi connectivity index (χ0v) is 8.08. The molecule has 1 aliphatic rings. The van der Waals surface area contributed by atoms with Crippen LogP contribution in [0.15, 0.2) is 0 Å². The van der Waals surface area contributed by atoms with Gasteiger partial charge in [0.1, 0.15) is 6.10 Å². The third-order valence-corrected chi connectivity index (χ3v) is 1.83. The summed E-state index contributed by atoms with van der Waals surface area (Å²) in [4.78, 5) is 0. The van der Waals surface area contributed by atoms with E-state index in [0.29, 0.717) is 0 Å². The Kier molecular flexibility index (Phi) is 7.28. The molecule has 0 aromatic carbocycles. The van der Waals surface area contributed by atoms with Gasteiger partial charge in [0.05, 0.1) is 13.2 Å². The van der Waals surface area contributed by atoms with E-state index in [9.17, 15) is 0 Å².